The van der Waals surface area contributed by atoms with Gasteiger partial charge in [0.25, 0.3) is 5.91 Å². The number of fused-ring (bicyclic) bond motifs is 1. The largest absolute Gasteiger partial charge is 0.399 e. The summed E-state index contributed by atoms with van der Waals surface area (Å²) in [5.74, 6) is -0.210. The number of nitrogens with two attached hydrogens (primary N) is 1. The van der Waals surface area contributed by atoms with Crippen LogP contribution in [0.15, 0.2) is 30.6 Å². The summed E-state index contributed by atoms with van der Waals surface area (Å²) in [7, 11) is 0. The average molecular weight is 259 g/mol. The fraction of sp³-hybridized carbons (Fsp3) is 0. The highest BCUT2D eigenvalue weighted by atomic mass is 32.1. The maximum absolute atomic E-state index is 12.1. The van der Waals surface area contributed by atoms with Crippen LogP contribution in [0.5, 0.6) is 0 Å². The lowest BCUT2D eigenvalue weighted by atomic mass is 10.1. The van der Waals surface area contributed by atoms with Gasteiger partial charge in [0.2, 0.25) is 0 Å². The van der Waals surface area contributed by atoms with Crippen LogP contribution >= 0.6 is 11.5 Å². The fourth-order valence-corrected chi connectivity index (χ4v) is 2.14. The van der Waals surface area contributed by atoms with Gasteiger partial charge in [-0.15, -0.1) is 5.10 Å². The van der Waals surface area contributed by atoms with Crippen molar-refractivity contribution in [3.05, 3.63) is 36.2 Å². The van der Waals surface area contributed by atoms with Gasteiger partial charge in [-0.1, -0.05) is 4.49 Å². The number of nitrogens with zero attached hydrogens (tertiary/aromatic N) is 2. The number of amides is 1. The summed E-state index contributed by atoms with van der Waals surface area (Å²) in [5, 5.41) is 7.79. The van der Waals surface area contributed by atoms with E-state index in [0.29, 0.717) is 16.3 Å². The third-order valence-corrected chi connectivity index (χ3v) is 3.13. The highest BCUT2D eigenvalue weighted by molar-refractivity contribution is 7.10. The number of carbonyl (C=O) groups is 1. The van der Waals surface area contributed by atoms with Crippen molar-refractivity contribution >= 4 is 39.0 Å². The first kappa shape index (κ1) is 10.7. The number of carbonyl (C=O) groups excluding carboxylic acids is 1. The molecule has 0 fully saturated rings. The van der Waals surface area contributed by atoms with Gasteiger partial charge in [0.05, 0.1) is 11.8 Å². The summed E-state index contributed by atoms with van der Waals surface area (Å²) in [4.78, 5) is 15.1. The lowest BCUT2D eigenvalue weighted by Crippen LogP contribution is -2.10. The Hall–Kier alpha value is -2.41. The molecule has 90 valence electrons. The first-order valence-corrected chi connectivity index (χ1v) is 5.97. The highest BCUT2D eigenvalue weighted by Crippen LogP contribution is 2.22. The summed E-state index contributed by atoms with van der Waals surface area (Å²) >= 11 is 1.13. The quantitative estimate of drug-likeness (QED) is 0.612. The van der Waals surface area contributed by atoms with Gasteiger partial charge in [-0.3, -0.25) is 4.79 Å². The molecular weight excluding hydrogens is 250 g/mol. The second-order valence-electron chi connectivity index (χ2n) is 3.74. The number of hydrogen-bond acceptors (Lipinski definition) is 5. The molecule has 3 rings (SSSR count). The molecule has 0 aliphatic rings. The minimum Gasteiger partial charge on any atom is -0.399 e. The molecular formula is C11H9N5OS. The molecule has 3 aromatic rings. The number of nitrogens with one attached hydrogen (secondary N) is 2. The molecule has 0 aliphatic carbocycles. The molecule has 0 spiro atoms. The van der Waals surface area contributed by atoms with Gasteiger partial charge in [0, 0.05) is 34.3 Å². The molecule has 2 aromatic heterocycles. The predicted molar refractivity (Wildman–Crippen MR) is 70.6 cm³/mol. The van der Waals surface area contributed by atoms with E-state index in [1.54, 1.807) is 18.3 Å². The van der Waals surface area contributed by atoms with Gasteiger partial charge in [-0.05, 0) is 18.2 Å². The molecule has 0 unspecified atom stereocenters. The zero-order chi connectivity index (χ0) is 12.5. The van der Waals surface area contributed by atoms with E-state index in [9.17, 15) is 4.79 Å². The van der Waals surface area contributed by atoms with Crippen molar-refractivity contribution in [3.8, 4) is 0 Å². The summed E-state index contributed by atoms with van der Waals surface area (Å²) in [6, 6.07) is 5.40. The van der Waals surface area contributed by atoms with Crippen molar-refractivity contribution in [3.63, 3.8) is 0 Å². The number of nitrogen functional groups attached to an aromatic ring is 1. The molecule has 0 bridgehead atoms. The summed E-state index contributed by atoms with van der Waals surface area (Å²) in [6.07, 6.45) is 3.17. The molecule has 18 heavy (non-hydrogen) atoms. The normalized spacial score (nSPS) is 10.7. The van der Waals surface area contributed by atoms with Crippen LogP contribution in [0.2, 0.25) is 0 Å². The van der Waals surface area contributed by atoms with E-state index >= 15 is 0 Å². The lowest BCUT2D eigenvalue weighted by molar-refractivity contribution is 0.102. The van der Waals surface area contributed by atoms with Crippen LogP contribution in [0, 0.1) is 0 Å². The molecule has 0 saturated heterocycles. The van der Waals surface area contributed by atoms with Crippen LogP contribution < -0.4 is 11.1 Å². The second kappa shape index (κ2) is 4.11. The number of rotatable bonds is 2. The Labute approximate surface area is 106 Å². The standard InChI is InChI=1S/C11H9N5OS/c12-6-1-2-9-7(3-6)8(4-13-9)11(17)15-10-5-14-16-18-10/h1-5,13H,12H2,(H,15,17). The minimum absolute atomic E-state index is 0.210. The van der Waals surface area contributed by atoms with E-state index in [1.807, 2.05) is 6.07 Å². The van der Waals surface area contributed by atoms with E-state index < -0.39 is 0 Å². The van der Waals surface area contributed by atoms with Crippen LogP contribution in [0.25, 0.3) is 10.9 Å². The third-order valence-electron chi connectivity index (χ3n) is 2.55. The molecule has 7 heteroatoms. The van der Waals surface area contributed by atoms with E-state index in [4.69, 9.17) is 5.73 Å². The Balaban J connectivity index is 1.98. The molecule has 4 N–H and O–H groups in total. The number of aromatic nitrogens is 3. The number of anilines is 2. The van der Waals surface area contributed by atoms with Gasteiger partial charge in [0.15, 0.2) is 0 Å². The molecule has 2 heterocycles. The zero-order valence-electron chi connectivity index (χ0n) is 9.18. The molecule has 0 saturated carbocycles. The molecule has 6 nitrogen and oxygen atoms in total. The zero-order valence-corrected chi connectivity index (χ0v) is 9.99. The number of H-pyrrole nitrogens is 1. The van der Waals surface area contributed by atoms with Gasteiger partial charge in [0.1, 0.15) is 5.00 Å². The monoisotopic (exact) mass is 259 g/mol. The average Bonchev–Trinajstić information content (AvgIpc) is 2.97. The van der Waals surface area contributed by atoms with E-state index in [0.717, 1.165) is 22.4 Å². The van der Waals surface area contributed by atoms with Crippen molar-refractivity contribution < 1.29 is 4.79 Å². The van der Waals surface area contributed by atoms with Gasteiger partial charge in [-0.2, -0.15) is 0 Å². The fourth-order valence-electron chi connectivity index (χ4n) is 1.73. The second-order valence-corrected chi connectivity index (χ2v) is 4.53. The van der Waals surface area contributed by atoms with Crippen LogP contribution in [-0.2, 0) is 0 Å². The van der Waals surface area contributed by atoms with E-state index in [1.165, 1.54) is 6.20 Å². The molecule has 1 aromatic carbocycles. The number of aromatic amines is 1. The first-order chi connectivity index (χ1) is 8.74. The Morgan fingerprint density at radius 1 is 1.44 bits per heavy atom. The summed E-state index contributed by atoms with van der Waals surface area (Å²) in [6.45, 7) is 0. The molecule has 0 aliphatic heterocycles. The van der Waals surface area contributed by atoms with Gasteiger partial charge < -0.3 is 16.0 Å². The maximum Gasteiger partial charge on any atom is 0.258 e. The summed E-state index contributed by atoms with van der Waals surface area (Å²) in [5.41, 5.74) is 7.76. The van der Waals surface area contributed by atoms with Crippen LogP contribution in [0.4, 0.5) is 10.7 Å². The van der Waals surface area contributed by atoms with E-state index in [2.05, 4.69) is 19.9 Å². The van der Waals surface area contributed by atoms with Gasteiger partial charge in [-0.25, -0.2) is 0 Å². The summed E-state index contributed by atoms with van der Waals surface area (Å²) < 4.78 is 3.68. The minimum atomic E-state index is -0.210. The molecule has 0 atom stereocenters. The van der Waals surface area contributed by atoms with Crippen LogP contribution in [-0.4, -0.2) is 20.5 Å². The Bertz CT molecular complexity index is 703. The Kier molecular flexibility index (Phi) is 2.45. The number of hydrogen-bond donors (Lipinski definition) is 3. The molecule has 1 amide bonds. The van der Waals surface area contributed by atoms with Gasteiger partial charge >= 0.3 is 0 Å². The smallest absolute Gasteiger partial charge is 0.258 e. The van der Waals surface area contributed by atoms with Crippen molar-refractivity contribution in [1.82, 2.24) is 14.6 Å². The topological polar surface area (TPSA) is 96.7 Å². The van der Waals surface area contributed by atoms with E-state index in [-0.39, 0.29) is 5.91 Å². The lowest BCUT2D eigenvalue weighted by Gasteiger charge is -2.00. The Morgan fingerprint density at radius 2 is 2.33 bits per heavy atom. The third kappa shape index (κ3) is 1.80. The number of benzene rings is 1. The maximum atomic E-state index is 12.1. The SMILES string of the molecule is Nc1ccc2[nH]cc(C(=O)Nc3cnns3)c2c1. The van der Waals surface area contributed by atoms with Crippen molar-refractivity contribution in [1.29, 1.82) is 0 Å². The van der Waals surface area contributed by atoms with Crippen molar-refractivity contribution in [2.45, 2.75) is 0 Å². The highest BCUT2D eigenvalue weighted by Gasteiger charge is 2.13. The Morgan fingerprint density at radius 3 is 3.11 bits per heavy atom. The first-order valence-electron chi connectivity index (χ1n) is 5.19. The molecule has 0 radical (unpaired) electrons. The van der Waals surface area contributed by atoms with Crippen molar-refractivity contribution in [2.24, 2.45) is 0 Å². The predicted octanol–water partition coefficient (Wildman–Crippen LogP) is 1.85. The van der Waals surface area contributed by atoms with Crippen LogP contribution in [0.1, 0.15) is 10.4 Å². The van der Waals surface area contributed by atoms with Crippen molar-refractivity contribution in [2.75, 3.05) is 11.1 Å². The van der Waals surface area contributed by atoms with Crippen LogP contribution in [0.3, 0.4) is 0 Å².